The van der Waals surface area contributed by atoms with Gasteiger partial charge in [0.1, 0.15) is 5.75 Å². The van der Waals surface area contributed by atoms with Gasteiger partial charge in [-0.1, -0.05) is 23.7 Å². The zero-order valence-corrected chi connectivity index (χ0v) is 15.9. The Morgan fingerprint density at radius 2 is 1.91 bits per heavy atom. The predicted octanol–water partition coefficient (Wildman–Crippen LogP) is 4.63. The van der Waals surface area contributed by atoms with Crippen LogP contribution in [-0.4, -0.2) is 16.7 Å². The zero-order valence-electron chi connectivity index (χ0n) is 12.0. The summed E-state index contributed by atoms with van der Waals surface area (Å²) >= 11 is 12.7. The Labute approximate surface area is 154 Å². The molecule has 0 saturated heterocycles. The van der Waals surface area contributed by atoms with Crippen molar-refractivity contribution in [2.75, 3.05) is 7.11 Å². The third-order valence-corrected chi connectivity index (χ3v) is 4.91. The molecule has 0 unspecified atom stereocenters. The van der Waals surface area contributed by atoms with E-state index in [4.69, 9.17) is 16.3 Å². The van der Waals surface area contributed by atoms with Crippen LogP contribution in [0.25, 0.3) is 10.9 Å². The summed E-state index contributed by atoms with van der Waals surface area (Å²) in [6.45, 7) is 0.401. The molecule has 3 rings (SSSR count). The monoisotopic (exact) mass is 456 g/mol. The van der Waals surface area contributed by atoms with Gasteiger partial charge < -0.3 is 4.74 Å². The number of methoxy groups -OCH3 is 1. The van der Waals surface area contributed by atoms with Gasteiger partial charge in [0, 0.05) is 5.02 Å². The molecule has 2 aromatic carbocycles. The fourth-order valence-corrected chi connectivity index (χ4v) is 3.36. The second-order valence-corrected chi connectivity index (χ2v) is 6.90. The summed E-state index contributed by atoms with van der Waals surface area (Å²) in [5, 5.41) is 1.16. The van der Waals surface area contributed by atoms with Crippen LogP contribution in [-0.2, 0) is 6.54 Å². The molecule has 7 heteroatoms. The third-order valence-electron chi connectivity index (χ3n) is 3.44. The Balaban J connectivity index is 2.15. The molecule has 0 bridgehead atoms. The summed E-state index contributed by atoms with van der Waals surface area (Å²) in [5.74, 6) is 0.594. The first kappa shape index (κ1) is 16.5. The number of nitrogens with zero attached hydrogens (tertiary/aromatic N) is 2. The summed E-state index contributed by atoms with van der Waals surface area (Å²) in [7, 11) is 1.56. The van der Waals surface area contributed by atoms with Crippen LogP contribution in [0.15, 0.2) is 50.4 Å². The highest BCUT2D eigenvalue weighted by molar-refractivity contribution is 9.10. The van der Waals surface area contributed by atoms with E-state index in [-0.39, 0.29) is 5.56 Å². The van der Waals surface area contributed by atoms with Crippen LogP contribution in [0.5, 0.6) is 5.75 Å². The summed E-state index contributed by atoms with van der Waals surface area (Å²) in [6, 6.07) is 10.8. The highest BCUT2D eigenvalue weighted by atomic mass is 79.9. The fraction of sp³-hybridized carbons (Fsp3) is 0.125. The van der Waals surface area contributed by atoms with Gasteiger partial charge in [-0.25, -0.2) is 4.98 Å². The molecule has 118 valence electrons. The number of hydrogen-bond acceptors (Lipinski definition) is 3. The van der Waals surface area contributed by atoms with Crippen molar-refractivity contribution in [1.82, 2.24) is 9.55 Å². The van der Waals surface area contributed by atoms with E-state index in [0.29, 0.717) is 33.0 Å². The molecule has 0 aliphatic heterocycles. The number of benzene rings is 2. The van der Waals surface area contributed by atoms with Crippen molar-refractivity contribution < 1.29 is 4.74 Å². The topological polar surface area (TPSA) is 44.1 Å². The average Bonchev–Trinajstić information content (AvgIpc) is 2.53. The smallest absolute Gasteiger partial charge is 0.262 e. The molecule has 0 saturated carbocycles. The van der Waals surface area contributed by atoms with Crippen molar-refractivity contribution >= 4 is 54.4 Å². The second-order valence-electron chi connectivity index (χ2n) is 4.90. The van der Waals surface area contributed by atoms with Gasteiger partial charge in [0.2, 0.25) is 0 Å². The number of fused-ring (bicyclic) bond motifs is 1. The van der Waals surface area contributed by atoms with Crippen LogP contribution in [0.4, 0.5) is 0 Å². The number of ether oxygens (including phenoxy) is 1. The molecule has 4 nitrogen and oxygen atoms in total. The Kier molecular flexibility index (Phi) is 4.75. The van der Waals surface area contributed by atoms with Gasteiger partial charge in [-0.05, 0) is 61.7 Å². The lowest BCUT2D eigenvalue weighted by Crippen LogP contribution is -2.23. The normalized spacial score (nSPS) is 11.0. The van der Waals surface area contributed by atoms with Gasteiger partial charge in [0.05, 0.1) is 29.0 Å². The van der Waals surface area contributed by atoms with Crippen molar-refractivity contribution in [3.8, 4) is 5.75 Å². The molecule has 0 spiro atoms. The maximum Gasteiger partial charge on any atom is 0.262 e. The van der Waals surface area contributed by atoms with Gasteiger partial charge in [0.15, 0.2) is 4.73 Å². The average molecular weight is 459 g/mol. The number of hydrogen-bond donors (Lipinski definition) is 0. The van der Waals surface area contributed by atoms with Crippen LogP contribution in [0.1, 0.15) is 5.56 Å². The van der Waals surface area contributed by atoms with Crippen LogP contribution < -0.4 is 10.3 Å². The lowest BCUT2D eigenvalue weighted by molar-refractivity contribution is 0.412. The first-order valence-electron chi connectivity index (χ1n) is 6.67. The molecule has 0 aliphatic carbocycles. The lowest BCUT2D eigenvalue weighted by atomic mass is 10.2. The van der Waals surface area contributed by atoms with E-state index in [1.165, 1.54) is 0 Å². The summed E-state index contributed by atoms with van der Waals surface area (Å²) < 4.78 is 8.05. The Morgan fingerprint density at radius 1 is 1.22 bits per heavy atom. The maximum absolute atomic E-state index is 12.8. The fourth-order valence-electron chi connectivity index (χ4n) is 2.26. The standard InChI is InChI=1S/C16H11Br2ClN2O2/c1-23-14-6-11-13(7-12(14)17)20-16(18)21(15(11)22)8-9-2-4-10(19)5-3-9/h2-7H,8H2,1H3. The maximum atomic E-state index is 12.8. The van der Waals surface area contributed by atoms with Crippen molar-refractivity contribution in [3.05, 3.63) is 66.5 Å². The van der Waals surface area contributed by atoms with E-state index >= 15 is 0 Å². The zero-order chi connectivity index (χ0) is 16.6. The van der Waals surface area contributed by atoms with E-state index in [1.807, 2.05) is 12.1 Å². The molecule has 1 heterocycles. The Morgan fingerprint density at radius 3 is 2.57 bits per heavy atom. The minimum atomic E-state index is -0.136. The summed E-state index contributed by atoms with van der Waals surface area (Å²) in [6.07, 6.45) is 0. The first-order valence-corrected chi connectivity index (χ1v) is 8.64. The van der Waals surface area contributed by atoms with E-state index < -0.39 is 0 Å². The minimum Gasteiger partial charge on any atom is -0.496 e. The van der Waals surface area contributed by atoms with Crippen molar-refractivity contribution in [2.24, 2.45) is 0 Å². The SMILES string of the molecule is COc1cc2c(=O)n(Cc3ccc(Cl)cc3)c(Br)nc2cc1Br. The Bertz CT molecular complexity index is 939. The van der Waals surface area contributed by atoms with Gasteiger partial charge in [0.25, 0.3) is 5.56 Å². The van der Waals surface area contributed by atoms with E-state index in [9.17, 15) is 4.79 Å². The van der Waals surface area contributed by atoms with Crippen LogP contribution in [0.2, 0.25) is 5.02 Å². The van der Waals surface area contributed by atoms with Gasteiger partial charge in [-0.15, -0.1) is 0 Å². The van der Waals surface area contributed by atoms with Crippen molar-refractivity contribution in [1.29, 1.82) is 0 Å². The first-order chi connectivity index (χ1) is 11.0. The molecule has 23 heavy (non-hydrogen) atoms. The minimum absolute atomic E-state index is 0.136. The molecule has 1 aromatic heterocycles. The van der Waals surface area contributed by atoms with Crippen LogP contribution >= 0.6 is 43.5 Å². The number of aromatic nitrogens is 2. The van der Waals surface area contributed by atoms with Gasteiger partial charge in [-0.3, -0.25) is 9.36 Å². The van der Waals surface area contributed by atoms with Crippen LogP contribution in [0, 0.1) is 0 Å². The van der Waals surface area contributed by atoms with E-state index in [1.54, 1.807) is 35.9 Å². The van der Waals surface area contributed by atoms with E-state index in [0.717, 1.165) is 10.0 Å². The molecular formula is C16H11Br2ClN2O2. The third kappa shape index (κ3) is 3.29. The highest BCUT2D eigenvalue weighted by Crippen LogP contribution is 2.28. The highest BCUT2D eigenvalue weighted by Gasteiger charge is 2.13. The summed E-state index contributed by atoms with van der Waals surface area (Å²) in [4.78, 5) is 17.3. The Hall–Kier alpha value is -1.37. The molecule has 3 aromatic rings. The predicted molar refractivity (Wildman–Crippen MR) is 98.5 cm³/mol. The van der Waals surface area contributed by atoms with Gasteiger partial charge >= 0.3 is 0 Å². The quantitative estimate of drug-likeness (QED) is 0.538. The summed E-state index contributed by atoms with van der Waals surface area (Å²) in [5.41, 5.74) is 1.42. The molecular weight excluding hydrogens is 447 g/mol. The largest absolute Gasteiger partial charge is 0.496 e. The molecule has 0 radical (unpaired) electrons. The number of rotatable bonds is 3. The number of halogens is 3. The van der Waals surface area contributed by atoms with Gasteiger partial charge in [-0.2, -0.15) is 0 Å². The van der Waals surface area contributed by atoms with Crippen LogP contribution in [0.3, 0.4) is 0 Å². The van der Waals surface area contributed by atoms with Crippen molar-refractivity contribution in [2.45, 2.75) is 6.54 Å². The molecule has 0 amide bonds. The molecule has 0 fully saturated rings. The molecule has 0 aliphatic rings. The second kappa shape index (κ2) is 6.63. The molecule has 0 N–H and O–H groups in total. The van der Waals surface area contributed by atoms with Crippen molar-refractivity contribution in [3.63, 3.8) is 0 Å². The molecule has 0 atom stereocenters. The lowest BCUT2D eigenvalue weighted by Gasteiger charge is -2.11. The van der Waals surface area contributed by atoms with E-state index in [2.05, 4.69) is 36.8 Å².